The minimum absolute atomic E-state index is 0.253. The molecule has 1 saturated heterocycles. The highest BCUT2D eigenvalue weighted by molar-refractivity contribution is 6.28. The summed E-state index contributed by atoms with van der Waals surface area (Å²) in [6.07, 6.45) is 1.15. The van der Waals surface area contributed by atoms with E-state index in [-0.39, 0.29) is 5.28 Å². The van der Waals surface area contributed by atoms with Crippen molar-refractivity contribution in [3.8, 4) is 0 Å². The highest BCUT2D eigenvalue weighted by Gasteiger charge is 2.31. The first-order chi connectivity index (χ1) is 7.87. The van der Waals surface area contributed by atoms with Gasteiger partial charge in [-0.05, 0) is 23.4 Å². The summed E-state index contributed by atoms with van der Waals surface area (Å²) in [6.45, 7) is 6.44. The van der Waals surface area contributed by atoms with Crippen LogP contribution >= 0.6 is 11.6 Å². The number of halogens is 1. The Morgan fingerprint density at radius 1 is 1.24 bits per heavy atom. The van der Waals surface area contributed by atoms with E-state index in [9.17, 15) is 0 Å². The zero-order valence-corrected chi connectivity index (χ0v) is 11.5. The van der Waals surface area contributed by atoms with Crippen LogP contribution < -0.4 is 9.80 Å². The average Bonchev–Trinajstić information content (AvgIpc) is 2.58. The molecule has 0 aliphatic carbocycles. The van der Waals surface area contributed by atoms with Crippen molar-refractivity contribution < 1.29 is 0 Å². The van der Waals surface area contributed by atoms with Crippen molar-refractivity contribution in [2.24, 2.45) is 5.41 Å². The van der Waals surface area contributed by atoms with E-state index in [0.717, 1.165) is 19.5 Å². The fraction of sp³-hybridized carbons (Fsp3) is 0.727. The first-order valence-corrected chi connectivity index (χ1v) is 6.09. The van der Waals surface area contributed by atoms with Crippen molar-refractivity contribution >= 4 is 23.5 Å². The van der Waals surface area contributed by atoms with Gasteiger partial charge in [-0.15, -0.1) is 0 Å². The molecule has 0 aromatic carbocycles. The molecule has 0 spiro atoms. The lowest BCUT2D eigenvalue weighted by atomic mass is 9.93. The summed E-state index contributed by atoms with van der Waals surface area (Å²) in [5.74, 6) is 1.28. The molecule has 0 radical (unpaired) electrons. The van der Waals surface area contributed by atoms with Crippen molar-refractivity contribution in [1.29, 1.82) is 0 Å². The van der Waals surface area contributed by atoms with Gasteiger partial charge in [-0.1, -0.05) is 13.8 Å². The molecule has 5 nitrogen and oxygen atoms in total. The largest absolute Gasteiger partial charge is 0.347 e. The van der Waals surface area contributed by atoms with Crippen LogP contribution in [0.1, 0.15) is 20.3 Å². The zero-order valence-electron chi connectivity index (χ0n) is 10.7. The molecule has 1 aliphatic heterocycles. The maximum Gasteiger partial charge on any atom is 0.231 e. The first kappa shape index (κ1) is 12.4. The Balaban J connectivity index is 2.27. The summed E-state index contributed by atoms with van der Waals surface area (Å²) in [5, 5.41) is 0.253. The van der Waals surface area contributed by atoms with Crippen LogP contribution in [0.2, 0.25) is 5.28 Å². The Hall–Kier alpha value is -1.10. The van der Waals surface area contributed by atoms with Gasteiger partial charge in [0.05, 0.1) is 0 Å². The minimum Gasteiger partial charge on any atom is -0.347 e. The predicted octanol–water partition coefficient (Wildman–Crippen LogP) is 1.83. The molecule has 0 N–H and O–H groups in total. The maximum absolute atomic E-state index is 5.93. The van der Waals surface area contributed by atoms with Gasteiger partial charge in [0.1, 0.15) is 0 Å². The van der Waals surface area contributed by atoms with Crippen molar-refractivity contribution in [3.63, 3.8) is 0 Å². The van der Waals surface area contributed by atoms with Crippen LogP contribution in [0.15, 0.2) is 0 Å². The summed E-state index contributed by atoms with van der Waals surface area (Å²) in [4.78, 5) is 16.7. The Labute approximate surface area is 107 Å². The minimum atomic E-state index is 0.253. The molecular formula is C11H18ClN5. The molecule has 2 heterocycles. The van der Waals surface area contributed by atoms with Crippen LogP contribution in [-0.4, -0.2) is 42.1 Å². The third kappa shape index (κ3) is 2.77. The molecule has 0 saturated carbocycles. The van der Waals surface area contributed by atoms with Gasteiger partial charge >= 0.3 is 0 Å². The number of rotatable bonds is 2. The quantitative estimate of drug-likeness (QED) is 0.807. The van der Waals surface area contributed by atoms with Gasteiger partial charge in [0, 0.05) is 27.2 Å². The topological polar surface area (TPSA) is 45.2 Å². The number of aromatic nitrogens is 3. The van der Waals surface area contributed by atoms with E-state index in [1.54, 1.807) is 0 Å². The molecule has 2 rings (SSSR count). The number of hydrogen-bond acceptors (Lipinski definition) is 5. The second-order valence-corrected chi connectivity index (χ2v) is 5.77. The van der Waals surface area contributed by atoms with E-state index in [1.807, 2.05) is 19.0 Å². The maximum atomic E-state index is 5.93. The summed E-state index contributed by atoms with van der Waals surface area (Å²) in [6, 6.07) is 0. The van der Waals surface area contributed by atoms with E-state index in [1.165, 1.54) is 0 Å². The molecule has 1 aromatic heterocycles. The smallest absolute Gasteiger partial charge is 0.231 e. The van der Waals surface area contributed by atoms with Gasteiger partial charge in [0.15, 0.2) is 0 Å². The molecular weight excluding hydrogens is 238 g/mol. The second-order valence-electron chi connectivity index (χ2n) is 5.43. The molecule has 94 valence electrons. The van der Waals surface area contributed by atoms with Crippen LogP contribution in [0.5, 0.6) is 0 Å². The molecule has 6 heteroatoms. The summed E-state index contributed by atoms with van der Waals surface area (Å²) >= 11 is 5.93. The fourth-order valence-corrected chi connectivity index (χ4v) is 2.11. The van der Waals surface area contributed by atoms with Crippen LogP contribution in [0.3, 0.4) is 0 Å². The number of nitrogens with zero attached hydrogens (tertiary/aromatic N) is 5. The van der Waals surface area contributed by atoms with Gasteiger partial charge in [0.25, 0.3) is 0 Å². The zero-order chi connectivity index (χ0) is 12.6. The van der Waals surface area contributed by atoms with E-state index >= 15 is 0 Å². The molecule has 1 fully saturated rings. The van der Waals surface area contributed by atoms with E-state index in [0.29, 0.717) is 17.3 Å². The summed E-state index contributed by atoms with van der Waals surface area (Å²) in [5.41, 5.74) is 0.317. The van der Waals surface area contributed by atoms with E-state index in [4.69, 9.17) is 11.6 Å². The van der Waals surface area contributed by atoms with Gasteiger partial charge in [0.2, 0.25) is 17.2 Å². The standard InChI is InChI=1S/C11H18ClN5/c1-11(2)5-6-17(7-11)10-14-8(12)13-9(15-10)16(3)4/h5-7H2,1-4H3. The Morgan fingerprint density at radius 3 is 2.47 bits per heavy atom. The van der Waals surface area contributed by atoms with Crippen molar-refractivity contribution in [2.75, 3.05) is 37.0 Å². The fourth-order valence-electron chi connectivity index (χ4n) is 1.95. The van der Waals surface area contributed by atoms with Gasteiger partial charge in [-0.2, -0.15) is 15.0 Å². The highest BCUT2D eigenvalue weighted by Crippen LogP contribution is 2.31. The normalized spacial score (nSPS) is 18.5. The van der Waals surface area contributed by atoms with Crippen molar-refractivity contribution in [1.82, 2.24) is 15.0 Å². The second kappa shape index (κ2) is 4.29. The SMILES string of the molecule is CN(C)c1nc(Cl)nc(N2CCC(C)(C)C2)n1. The highest BCUT2D eigenvalue weighted by atomic mass is 35.5. The van der Waals surface area contributed by atoms with Crippen LogP contribution in [0.25, 0.3) is 0 Å². The Bertz CT molecular complexity index is 418. The molecule has 17 heavy (non-hydrogen) atoms. The van der Waals surface area contributed by atoms with Crippen LogP contribution in [0.4, 0.5) is 11.9 Å². The monoisotopic (exact) mass is 255 g/mol. The van der Waals surface area contributed by atoms with Crippen LogP contribution in [0, 0.1) is 5.41 Å². The lowest BCUT2D eigenvalue weighted by molar-refractivity contribution is 0.418. The Morgan fingerprint density at radius 2 is 1.94 bits per heavy atom. The van der Waals surface area contributed by atoms with Crippen molar-refractivity contribution in [2.45, 2.75) is 20.3 Å². The first-order valence-electron chi connectivity index (χ1n) is 5.71. The predicted molar refractivity (Wildman–Crippen MR) is 69.8 cm³/mol. The molecule has 0 unspecified atom stereocenters. The third-order valence-corrected chi connectivity index (χ3v) is 3.11. The lowest BCUT2D eigenvalue weighted by Gasteiger charge is -2.20. The third-order valence-electron chi connectivity index (χ3n) is 2.94. The summed E-state index contributed by atoms with van der Waals surface area (Å²) < 4.78 is 0. The van der Waals surface area contributed by atoms with Gasteiger partial charge in [-0.25, -0.2) is 0 Å². The molecule has 1 aliphatic rings. The van der Waals surface area contributed by atoms with E-state index < -0.39 is 0 Å². The number of anilines is 2. The van der Waals surface area contributed by atoms with Crippen LogP contribution in [-0.2, 0) is 0 Å². The Kier molecular flexibility index (Phi) is 3.12. The lowest BCUT2D eigenvalue weighted by Crippen LogP contribution is -2.26. The van der Waals surface area contributed by atoms with Crippen molar-refractivity contribution in [3.05, 3.63) is 5.28 Å². The molecule has 0 amide bonds. The number of hydrogen-bond donors (Lipinski definition) is 0. The van der Waals surface area contributed by atoms with Gasteiger partial charge in [-0.3, -0.25) is 0 Å². The van der Waals surface area contributed by atoms with E-state index in [2.05, 4.69) is 33.7 Å². The molecule has 0 atom stereocenters. The van der Waals surface area contributed by atoms with Gasteiger partial charge < -0.3 is 9.80 Å². The summed E-state index contributed by atoms with van der Waals surface area (Å²) in [7, 11) is 3.78. The average molecular weight is 256 g/mol. The molecule has 1 aromatic rings. The molecule has 0 bridgehead atoms.